The molecule has 8 nitrogen and oxygen atoms in total. The molecule has 0 aliphatic carbocycles. The van der Waals surface area contributed by atoms with Gasteiger partial charge >= 0.3 is 6.03 Å². The minimum atomic E-state index is -0.863. The van der Waals surface area contributed by atoms with Crippen molar-refractivity contribution in [1.82, 2.24) is 5.32 Å². The van der Waals surface area contributed by atoms with Crippen LogP contribution in [0.4, 0.5) is 16.2 Å². The van der Waals surface area contributed by atoms with Crippen LogP contribution in [0.2, 0.25) is 5.02 Å². The number of nitrogens with one attached hydrogen (secondary N) is 2. The standard InChI is InChI=1S/C28H22Br2ClN3O5/c1-14-5-7-19(8-16(14)3)32-24(35)13-39-25-21(29)10-17(11-22(25)30)9-20-26(36)33-28(38)34(27(20)37)23-12-18(31)6-4-15(23)2/h4-12H,13H2,1-3H3,(H,32,35)(H,33,36,38)/b20-9+. The maximum absolute atomic E-state index is 13.3. The van der Waals surface area contributed by atoms with E-state index >= 15 is 0 Å². The van der Waals surface area contributed by atoms with Crippen LogP contribution in [0, 0.1) is 20.8 Å². The Kier molecular flexibility index (Phi) is 8.58. The van der Waals surface area contributed by atoms with Gasteiger partial charge in [-0.25, -0.2) is 9.69 Å². The van der Waals surface area contributed by atoms with Gasteiger partial charge in [-0.3, -0.25) is 19.7 Å². The van der Waals surface area contributed by atoms with Gasteiger partial charge in [0.25, 0.3) is 17.7 Å². The Morgan fingerprint density at radius 1 is 0.974 bits per heavy atom. The van der Waals surface area contributed by atoms with Gasteiger partial charge in [-0.15, -0.1) is 0 Å². The van der Waals surface area contributed by atoms with E-state index in [0.29, 0.717) is 36.5 Å². The quantitative estimate of drug-likeness (QED) is 0.230. The summed E-state index contributed by atoms with van der Waals surface area (Å²) in [6.45, 7) is 5.43. The summed E-state index contributed by atoms with van der Waals surface area (Å²) in [6.07, 6.45) is 1.36. The van der Waals surface area contributed by atoms with Crippen LogP contribution in [0.1, 0.15) is 22.3 Å². The molecule has 0 radical (unpaired) electrons. The van der Waals surface area contributed by atoms with Crippen LogP contribution in [0.15, 0.2) is 63.0 Å². The van der Waals surface area contributed by atoms with E-state index in [-0.39, 0.29) is 23.8 Å². The molecule has 1 aliphatic rings. The number of rotatable bonds is 6. The SMILES string of the molecule is Cc1ccc(NC(=O)COc2c(Br)cc(/C=C3\C(=O)NC(=O)N(c4cc(Cl)ccc4C)C3=O)cc2Br)cc1C. The molecular formula is C28H22Br2ClN3O5. The zero-order chi connectivity index (χ0) is 28.4. The van der Waals surface area contributed by atoms with Gasteiger partial charge in [0.2, 0.25) is 0 Å². The lowest BCUT2D eigenvalue weighted by Gasteiger charge is -2.27. The zero-order valence-electron chi connectivity index (χ0n) is 21.0. The van der Waals surface area contributed by atoms with Gasteiger partial charge < -0.3 is 10.1 Å². The normalized spacial score (nSPS) is 14.5. The van der Waals surface area contributed by atoms with Crippen molar-refractivity contribution in [2.45, 2.75) is 20.8 Å². The van der Waals surface area contributed by atoms with Gasteiger partial charge in [0, 0.05) is 10.7 Å². The third kappa shape index (κ3) is 6.41. The molecule has 3 aromatic rings. The molecule has 1 fully saturated rings. The Balaban J connectivity index is 1.53. The second-order valence-corrected chi connectivity index (χ2v) is 11.0. The molecule has 11 heteroatoms. The monoisotopic (exact) mass is 673 g/mol. The van der Waals surface area contributed by atoms with Crippen LogP contribution < -0.4 is 20.3 Å². The molecule has 1 heterocycles. The van der Waals surface area contributed by atoms with Crippen molar-refractivity contribution in [2.24, 2.45) is 0 Å². The van der Waals surface area contributed by atoms with Crippen molar-refractivity contribution in [3.8, 4) is 5.75 Å². The average Bonchev–Trinajstić information content (AvgIpc) is 2.85. The van der Waals surface area contributed by atoms with E-state index < -0.39 is 17.8 Å². The lowest BCUT2D eigenvalue weighted by molar-refractivity contribution is -0.122. The Bertz CT molecular complexity index is 1550. The smallest absolute Gasteiger partial charge is 0.335 e. The number of imide groups is 2. The molecule has 0 aromatic heterocycles. The molecule has 0 unspecified atom stereocenters. The van der Waals surface area contributed by atoms with Gasteiger partial charge in [0.05, 0.1) is 14.6 Å². The highest BCUT2D eigenvalue weighted by Crippen LogP contribution is 2.36. The molecule has 5 amide bonds. The summed E-state index contributed by atoms with van der Waals surface area (Å²) >= 11 is 12.9. The predicted octanol–water partition coefficient (Wildman–Crippen LogP) is 6.47. The maximum Gasteiger partial charge on any atom is 0.335 e. The molecule has 0 spiro atoms. The number of carbonyl (C=O) groups excluding carboxylic acids is 4. The summed E-state index contributed by atoms with van der Waals surface area (Å²) in [5, 5.41) is 5.33. The predicted molar refractivity (Wildman–Crippen MR) is 157 cm³/mol. The van der Waals surface area contributed by atoms with Crippen LogP contribution in [0.5, 0.6) is 5.75 Å². The van der Waals surface area contributed by atoms with Gasteiger partial charge in [0.1, 0.15) is 11.3 Å². The van der Waals surface area contributed by atoms with Crippen molar-refractivity contribution in [3.63, 3.8) is 0 Å². The third-order valence-corrected chi connectivity index (χ3v) is 7.40. The van der Waals surface area contributed by atoms with Gasteiger partial charge in [-0.1, -0.05) is 23.7 Å². The first-order valence-corrected chi connectivity index (χ1v) is 13.6. The molecule has 1 aliphatic heterocycles. The Morgan fingerprint density at radius 2 is 1.64 bits per heavy atom. The number of carbonyl (C=O) groups is 4. The highest BCUT2D eigenvalue weighted by atomic mass is 79.9. The number of amides is 5. The number of barbiturate groups is 1. The second kappa shape index (κ2) is 11.7. The van der Waals surface area contributed by atoms with Crippen molar-refractivity contribution in [1.29, 1.82) is 0 Å². The minimum absolute atomic E-state index is 0.241. The number of halogens is 3. The van der Waals surface area contributed by atoms with Crippen LogP contribution >= 0.6 is 43.5 Å². The number of aryl methyl sites for hydroxylation is 3. The molecule has 39 heavy (non-hydrogen) atoms. The molecule has 4 rings (SSSR count). The zero-order valence-corrected chi connectivity index (χ0v) is 25.0. The van der Waals surface area contributed by atoms with E-state index in [9.17, 15) is 19.2 Å². The molecule has 3 aromatic carbocycles. The van der Waals surface area contributed by atoms with Gasteiger partial charge in [-0.2, -0.15) is 0 Å². The highest BCUT2D eigenvalue weighted by molar-refractivity contribution is 9.11. The second-order valence-electron chi connectivity index (χ2n) is 8.84. The first-order chi connectivity index (χ1) is 18.4. The number of ether oxygens (including phenoxy) is 1. The minimum Gasteiger partial charge on any atom is -0.481 e. The van der Waals surface area contributed by atoms with Crippen molar-refractivity contribution >= 4 is 84.7 Å². The van der Waals surface area contributed by atoms with Crippen molar-refractivity contribution < 1.29 is 23.9 Å². The van der Waals surface area contributed by atoms with Crippen LogP contribution in [0.25, 0.3) is 6.08 Å². The molecule has 1 saturated heterocycles. The summed E-state index contributed by atoms with van der Waals surface area (Å²) < 4.78 is 6.67. The summed E-state index contributed by atoms with van der Waals surface area (Å²) in [5.74, 6) is -1.59. The van der Waals surface area contributed by atoms with Crippen molar-refractivity contribution in [2.75, 3.05) is 16.8 Å². The Morgan fingerprint density at radius 3 is 2.31 bits per heavy atom. The van der Waals surface area contributed by atoms with E-state index in [1.54, 1.807) is 31.2 Å². The number of anilines is 2. The first-order valence-electron chi connectivity index (χ1n) is 11.6. The number of hydrogen-bond donors (Lipinski definition) is 2. The maximum atomic E-state index is 13.3. The summed E-state index contributed by atoms with van der Waals surface area (Å²) in [7, 11) is 0. The molecule has 200 valence electrons. The number of urea groups is 1. The lowest BCUT2D eigenvalue weighted by Crippen LogP contribution is -2.54. The average molecular weight is 676 g/mol. The fraction of sp³-hybridized carbons (Fsp3) is 0.143. The van der Waals surface area contributed by atoms with E-state index in [1.807, 2.05) is 32.0 Å². The van der Waals surface area contributed by atoms with Crippen molar-refractivity contribution in [3.05, 3.63) is 90.3 Å². The third-order valence-electron chi connectivity index (χ3n) is 5.98. The molecule has 0 bridgehead atoms. The lowest BCUT2D eigenvalue weighted by atomic mass is 10.1. The molecular weight excluding hydrogens is 654 g/mol. The Labute approximate surface area is 246 Å². The van der Waals surface area contributed by atoms with E-state index in [2.05, 4.69) is 42.5 Å². The van der Waals surface area contributed by atoms with E-state index in [1.165, 1.54) is 12.1 Å². The molecule has 0 atom stereocenters. The fourth-order valence-electron chi connectivity index (χ4n) is 3.82. The van der Waals surface area contributed by atoms with Crippen LogP contribution in [-0.4, -0.2) is 30.4 Å². The molecule has 0 saturated carbocycles. The first kappa shape index (κ1) is 28.5. The number of benzene rings is 3. The fourth-order valence-corrected chi connectivity index (χ4v) is 5.44. The van der Waals surface area contributed by atoms with E-state index in [0.717, 1.165) is 16.0 Å². The Hall–Kier alpha value is -3.47. The topological polar surface area (TPSA) is 105 Å². The summed E-state index contributed by atoms with van der Waals surface area (Å²) in [5.41, 5.74) is 3.98. The van der Waals surface area contributed by atoms with E-state index in [4.69, 9.17) is 16.3 Å². The van der Waals surface area contributed by atoms with Crippen LogP contribution in [-0.2, 0) is 14.4 Å². The van der Waals surface area contributed by atoms with Crippen LogP contribution in [0.3, 0.4) is 0 Å². The summed E-state index contributed by atoms with van der Waals surface area (Å²) in [6, 6.07) is 12.8. The number of hydrogen-bond acceptors (Lipinski definition) is 5. The largest absolute Gasteiger partial charge is 0.481 e. The van der Waals surface area contributed by atoms with Gasteiger partial charge in [-0.05, 0) is 117 Å². The van der Waals surface area contributed by atoms with Gasteiger partial charge in [0.15, 0.2) is 6.61 Å². The molecule has 2 N–H and O–H groups in total. The number of nitrogens with zero attached hydrogens (tertiary/aromatic N) is 1. The summed E-state index contributed by atoms with van der Waals surface area (Å²) in [4.78, 5) is 51.7. The highest BCUT2D eigenvalue weighted by Gasteiger charge is 2.37.